The van der Waals surface area contributed by atoms with Crippen LogP contribution in [0.15, 0.2) is 42.5 Å². The number of likely N-dealkylation sites (tertiary alicyclic amines) is 1. The van der Waals surface area contributed by atoms with E-state index in [2.05, 4.69) is 59.7 Å². The molecule has 0 bridgehead atoms. The molecule has 2 aromatic carbocycles. The quantitative estimate of drug-likeness (QED) is 0.485. The summed E-state index contributed by atoms with van der Waals surface area (Å²) in [5.74, 6) is 2.53. The van der Waals surface area contributed by atoms with Gasteiger partial charge in [-0.05, 0) is 74.9 Å². The van der Waals surface area contributed by atoms with Crippen molar-refractivity contribution in [3.63, 3.8) is 0 Å². The number of fused-ring (bicyclic) bond motifs is 1. The lowest BCUT2D eigenvalue weighted by atomic mass is 10.1. The Morgan fingerprint density at radius 1 is 1.06 bits per heavy atom. The van der Waals surface area contributed by atoms with Crippen LogP contribution in [-0.4, -0.2) is 39.6 Å². The minimum Gasteiger partial charge on any atom is -0.494 e. The van der Waals surface area contributed by atoms with Crippen LogP contribution in [0.25, 0.3) is 11.0 Å². The van der Waals surface area contributed by atoms with E-state index >= 15 is 0 Å². The number of aromatic nitrogens is 2. The van der Waals surface area contributed by atoms with Gasteiger partial charge in [0.15, 0.2) is 0 Å². The van der Waals surface area contributed by atoms with Crippen molar-refractivity contribution in [3.05, 3.63) is 59.4 Å². The number of unbranched alkanes of at least 4 members (excludes halogenated alkanes) is 1. The summed E-state index contributed by atoms with van der Waals surface area (Å²) in [6.45, 7) is 6.64. The number of imidazole rings is 1. The Hall–Kier alpha value is -2.82. The van der Waals surface area contributed by atoms with Crippen molar-refractivity contribution < 1.29 is 9.53 Å². The highest BCUT2D eigenvalue weighted by Gasteiger charge is 2.41. The number of hydrogen-bond donors (Lipinski definition) is 0. The molecule has 1 amide bonds. The van der Waals surface area contributed by atoms with Gasteiger partial charge < -0.3 is 14.2 Å². The molecule has 1 aromatic heterocycles. The molecule has 5 heteroatoms. The summed E-state index contributed by atoms with van der Waals surface area (Å²) >= 11 is 0. The standard InChI is InChI=1S/C26H31N3O2/c1-18-13-19(2)15-22(14-18)31-12-6-5-11-28-24-8-4-3-7-23(24)27-26(28)20-16-25(30)29(17-20)21-9-10-21/h3-4,7-8,13-15,20-21H,5-6,9-12,16-17H2,1-2H3. The Balaban J connectivity index is 1.25. The Morgan fingerprint density at radius 2 is 1.84 bits per heavy atom. The van der Waals surface area contributed by atoms with Crippen LogP contribution in [0.3, 0.4) is 0 Å². The lowest BCUT2D eigenvalue weighted by molar-refractivity contribution is -0.128. The van der Waals surface area contributed by atoms with E-state index < -0.39 is 0 Å². The molecule has 1 unspecified atom stereocenters. The van der Waals surface area contributed by atoms with E-state index in [1.54, 1.807) is 0 Å². The number of nitrogens with zero attached hydrogens (tertiary/aromatic N) is 3. The van der Waals surface area contributed by atoms with Gasteiger partial charge in [0.25, 0.3) is 0 Å². The first-order valence-electron chi connectivity index (χ1n) is 11.5. The maximum atomic E-state index is 12.5. The van der Waals surface area contributed by atoms with E-state index in [9.17, 15) is 4.79 Å². The summed E-state index contributed by atoms with van der Waals surface area (Å²) in [5, 5.41) is 0. The fraction of sp³-hybridized carbons (Fsp3) is 0.462. The van der Waals surface area contributed by atoms with E-state index in [1.807, 2.05) is 6.07 Å². The zero-order valence-corrected chi connectivity index (χ0v) is 18.5. The average Bonchev–Trinajstić information content (AvgIpc) is 3.41. The van der Waals surface area contributed by atoms with Gasteiger partial charge in [-0.25, -0.2) is 4.98 Å². The molecule has 0 N–H and O–H groups in total. The Kier molecular flexibility index (Phi) is 5.43. The summed E-state index contributed by atoms with van der Waals surface area (Å²) in [6.07, 6.45) is 4.92. The Labute approximate surface area is 184 Å². The van der Waals surface area contributed by atoms with Crippen LogP contribution in [-0.2, 0) is 11.3 Å². The molecule has 2 heterocycles. The summed E-state index contributed by atoms with van der Waals surface area (Å²) in [7, 11) is 0. The van der Waals surface area contributed by atoms with Gasteiger partial charge in [0.1, 0.15) is 11.6 Å². The zero-order chi connectivity index (χ0) is 21.4. The van der Waals surface area contributed by atoms with E-state index in [0.717, 1.165) is 55.9 Å². The van der Waals surface area contributed by atoms with Gasteiger partial charge in [-0.1, -0.05) is 18.2 Å². The lowest BCUT2D eigenvalue weighted by Crippen LogP contribution is -2.27. The SMILES string of the molecule is Cc1cc(C)cc(OCCCCn2c(C3CC(=O)N(C4CC4)C3)nc3ccccc32)c1. The van der Waals surface area contributed by atoms with E-state index in [0.29, 0.717) is 25.0 Å². The number of aryl methyl sites for hydroxylation is 3. The van der Waals surface area contributed by atoms with Gasteiger partial charge in [0.2, 0.25) is 5.91 Å². The van der Waals surface area contributed by atoms with Gasteiger partial charge in [-0.15, -0.1) is 0 Å². The van der Waals surface area contributed by atoms with Gasteiger partial charge in [-0.2, -0.15) is 0 Å². The molecule has 1 atom stereocenters. The Bertz CT molecular complexity index is 1080. The first kappa shape index (κ1) is 20.1. The maximum Gasteiger partial charge on any atom is 0.223 e. The molecule has 1 aliphatic carbocycles. The van der Waals surface area contributed by atoms with Crippen LogP contribution in [0, 0.1) is 13.8 Å². The number of amides is 1. The summed E-state index contributed by atoms with van der Waals surface area (Å²) in [4.78, 5) is 19.6. The van der Waals surface area contributed by atoms with Crippen molar-refractivity contribution in [2.45, 2.75) is 64.5 Å². The van der Waals surface area contributed by atoms with Crippen LogP contribution in [0.2, 0.25) is 0 Å². The van der Waals surface area contributed by atoms with Gasteiger partial charge in [-0.3, -0.25) is 4.79 Å². The van der Waals surface area contributed by atoms with Gasteiger partial charge in [0, 0.05) is 31.5 Å². The van der Waals surface area contributed by atoms with Crippen molar-refractivity contribution in [2.24, 2.45) is 0 Å². The second-order valence-electron chi connectivity index (χ2n) is 9.17. The topological polar surface area (TPSA) is 47.4 Å². The van der Waals surface area contributed by atoms with E-state index in [1.165, 1.54) is 16.6 Å². The average molecular weight is 418 g/mol. The summed E-state index contributed by atoms with van der Waals surface area (Å²) in [5.41, 5.74) is 4.66. The zero-order valence-electron chi connectivity index (χ0n) is 18.5. The van der Waals surface area contributed by atoms with E-state index in [-0.39, 0.29) is 5.92 Å². The number of benzene rings is 2. The van der Waals surface area contributed by atoms with Crippen molar-refractivity contribution in [1.29, 1.82) is 0 Å². The third-order valence-corrected chi connectivity index (χ3v) is 6.44. The molecule has 1 aliphatic heterocycles. The van der Waals surface area contributed by atoms with Crippen LogP contribution in [0.1, 0.15) is 55.0 Å². The normalized spacial score (nSPS) is 18.8. The molecular formula is C26H31N3O2. The van der Waals surface area contributed by atoms with Crippen molar-refractivity contribution >= 4 is 16.9 Å². The van der Waals surface area contributed by atoms with Crippen LogP contribution in [0.5, 0.6) is 5.75 Å². The predicted octanol–water partition coefficient (Wildman–Crippen LogP) is 4.99. The second kappa shape index (κ2) is 8.37. The maximum absolute atomic E-state index is 12.5. The Morgan fingerprint density at radius 3 is 2.61 bits per heavy atom. The van der Waals surface area contributed by atoms with E-state index in [4.69, 9.17) is 9.72 Å². The predicted molar refractivity (Wildman–Crippen MR) is 122 cm³/mol. The molecular weight excluding hydrogens is 386 g/mol. The number of para-hydroxylation sites is 2. The summed E-state index contributed by atoms with van der Waals surface area (Å²) in [6, 6.07) is 15.2. The molecule has 5 nitrogen and oxygen atoms in total. The van der Waals surface area contributed by atoms with Gasteiger partial charge >= 0.3 is 0 Å². The first-order valence-corrected chi connectivity index (χ1v) is 11.5. The summed E-state index contributed by atoms with van der Waals surface area (Å²) < 4.78 is 8.34. The van der Waals surface area contributed by atoms with Crippen LogP contribution in [0.4, 0.5) is 0 Å². The molecule has 3 aromatic rings. The highest BCUT2D eigenvalue weighted by Crippen LogP contribution is 2.37. The first-order chi connectivity index (χ1) is 15.1. The number of hydrogen-bond acceptors (Lipinski definition) is 3. The third-order valence-electron chi connectivity index (χ3n) is 6.44. The highest BCUT2D eigenvalue weighted by molar-refractivity contribution is 5.81. The molecule has 1 saturated carbocycles. The monoisotopic (exact) mass is 417 g/mol. The minimum atomic E-state index is 0.201. The van der Waals surface area contributed by atoms with Crippen LogP contribution >= 0.6 is 0 Å². The molecule has 162 valence electrons. The van der Waals surface area contributed by atoms with Crippen LogP contribution < -0.4 is 4.74 Å². The molecule has 2 aliphatic rings. The number of rotatable bonds is 8. The highest BCUT2D eigenvalue weighted by atomic mass is 16.5. The molecule has 31 heavy (non-hydrogen) atoms. The van der Waals surface area contributed by atoms with Gasteiger partial charge in [0.05, 0.1) is 17.6 Å². The fourth-order valence-corrected chi connectivity index (χ4v) is 4.86. The minimum absolute atomic E-state index is 0.201. The second-order valence-corrected chi connectivity index (χ2v) is 9.17. The fourth-order valence-electron chi connectivity index (χ4n) is 4.86. The lowest BCUT2D eigenvalue weighted by Gasteiger charge is -2.16. The molecule has 0 radical (unpaired) electrons. The number of ether oxygens (including phenoxy) is 1. The molecule has 5 rings (SSSR count). The molecule has 1 saturated heterocycles. The molecule has 0 spiro atoms. The third kappa shape index (κ3) is 4.32. The van der Waals surface area contributed by atoms with Crippen molar-refractivity contribution in [3.8, 4) is 5.75 Å². The number of carbonyl (C=O) groups excluding carboxylic acids is 1. The smallest absolute Gasteiger partial charge is 0.223 e. The number of carbonyl (C=O) groups is 1. The van der Waals surface area contributed by atoms with Crippen molar-refractivity contribution in [1.82, 2.24) is 14.5 Å². The molecule has 2 fully saturated rings. The van der Waals surface area contributed by atoms with Crippen molar-refractivity contribution in [2.75, 3.05) is 13.2 Å². The largest absolute Gasteiger partial charge is 0.494 e.